The van der Waals surface area contributed by atoms with E-state index in [1.54, 1.807) is 17.5 Å². The average molecular weight is 495 g/mol. The van der Waals surface area contributed by atoms with Crippen LogP contribution >= 0.6 is 11.3 Å². The van der Waals surface area contributed by atoms with Gasteiger partial charge in [0.2, 0.25) is 0 Å². The Morgan fingerprint density at radius 2 is 1.89 bits per heavy atom. The van der Waals surface area contributed by atoms with Crippen LogP contribution in [0.1, 0.15) is 41.7 Å². The molecule has 182 valence electrons. The first-order valence-electron chi connectivity index (χ1n) is 12.7. The lowest BCUT2D eigenvalue weighted by Crippen LogP contribution is -2.32. The first-order valence-corrected chi connectivity index (χ1v) is 13.5. The highest BCUT2D eigenvalue weighted by Crippen LogP contribution is 2.35. The molecule has 1 saturated heterocycles. The second kappa shape index (κ2) is 10.2. The summed E-state index contributed by atoms with van der Waals surface area (Å²) in [4.78, 5) is 20.6. The number of aryl methyl sites for hydroxylation is 1. The predicted octanol–water partition coefficient (Wildman–Crippen LogP) is 6.77. The molecule has 6 rings (SSSR count). The van der Waals surface area contributed by atoms with E-state index in [-0.39, 0.29) is 0 Å². The maximum Gasteiger partial charge on any atom is 0.188 e. The molecule has 0 radical (unpaired) electrons. The Morgan fingerprint density at radius 3 is 2.67 bits per heavy atom. The lowest BCUT2D eigenvalue weighted by molar-refractivity contribution is 0.206. The van der Waals surface area contributed by atoms with Gasteiger partial charge < -0.3 is 10.3 Å². The molecular formula is C29H30N6S. The van der Waals surface area contributed by atoms with Crippen molar-refractivity contribution in [2.24, 2.45) is 0 Å². The van der Waals surface area contributed by atoms with Gasteiger partial charge in [-0.1, -0.05) is 19.1 Å². The molecule has 0 bridgehead atoms. The summed E-state index contributed by atoms with van der Waals surface area (Å²) in [7, 11) is 0. The van der Waals surface area contributed by atoms with Crippen molar-refractivity contribution >= 4 is 33.2 Å². The summed E-state index contributed by atoms with van der Waals surface area (Å²) in [5.74, 6) is 1.44. The Labute approximate surface area is 215 Å². The van der Waals surface area contributed by atoms with Crippen LogP contribution in [0, 0.1) is 0 Å². The topological polar surface area (TPSA) is 69.7 Å². The van der Waals surface area contributed by atoms with Crippen LogP contribution in [0.2, 0.25) is 0 Å². The van der Waals surface area contributed by atoms with E-state index in [0.717, 1.165) is 37.0 Å². The van der Waals surface area contributed by atoms with Gasteiger partial charge >= 0.3 is 0 Å². The Bertz CT molecular complexity index is 1430. The van der Waals surface area contributed by atoms with Crippen molar-refractivity contribution in [1.82, 2.24) is 24.8 Å². The van der Waals surface area contributed by atoms with Gasteiger partial charge in [-0.2, -0.15) is 0 Å². The first kappa shape index (κ1) is 22.9. The number of aromatic nitrogens is 4. The molecule has 0 aliphatic carbocycles. The fraction of sp³-hybridized carbons (Fsp3) is 0.276. The van der Waals surface area contributed by atoms with Crippen molar-refractivity contribution in [3.63, 3.8) is 0 Å². The third-order valence-electron chi connectivity index (χ3n) is 7.14. The molecule has 1 aliphatic heterocycles. The zero-order chi connectivity index (χ0) is 24.3. The molecule has 0 spiro atoms. The minimum absolute atomic E-state index is 0.609. The largest absolute Gasteiger partial charge is 0.354 e. The van der Waals surface area contributed by atoms with Gasteiger partial charge in [0.15, 0.2) is 5.13 Å². The number of pyridine rings is 2. The molecule has 36 heavy (non-hydrogen) atoms. The van der Waals surface area contributed by atoms with E-state index in [1.165, 1.54) is 51.0 Å². The maximum absolute atomic E-state index is 4.54. The van der Waals surface area contributed by atoms with E-state index in [2.05, 4.69) is 67.4 Å². The Morgan fingerprint density at radius 1 is 1.03 bits per heavy atom. The molecule has 5 aromatic rings. The molecule has 1 aromatic carbocycles. The maximum atomic E-state index is 4.54. The summed E-state index contributed by atoms with van der Waals surface area (Å²) in [6.07, 6.45) is 10.9. The van der Waals surface area contributed by atoms with Crippen LogP contribution in [0.25, 0.3) is 22.2 Å². The molecule has 7 heteroatoms. The molecule has 1 fully saturated rings. The average Bonchev–Trinajstić information content (AvgIpc) is 3.53. The summed E-state index contributed by atoms with van der Waals surface area (Å²) in [6.45, 7) is 5.43. The van der Waals surface area contributed by atoms with Crippen LogP contribution in [0.15, 0.2) is 73.3 Å². The molecule has 1 aliphatic rings. The highest BCUT2D eigenvalue weighted by molar-refractivity contribution is 7.15. The van der Waals surface area contributed by atoms with Crippen LogP contribution in [-0.2, 0) is 13.0 Å². The van der Waals surface area contributed by atoms with E-state index in [1.807, 2.05) is 36.8 Å². The van der Waals surface area contributed by atoms with Gasteiger partial charge in [-0.25, -0.2) is 9.97 Å². The third-order valence-corrected chi connectivity index (χ3v) is 8.04. The molecular weight excluding hydrogens is 464 g/mol. The van der Waals surface area contributed by atoms with Gasteiger partial charge in [0.25, 0.3) is 0 Å². The van der Waals surface area contributed by atoms with Crippen LogP contribution in [0.4, 0.5) is 10.9 Å². The number of hydrogen-bond donors (Lipinski definition) is 2. The van der Waals surface area contributed by atoms with E-state index < -0.39 is 0 Å². The molecule has 5 heterocycles. The van der Waals surface area contributed by atoms with E-state index in [9.17, 15) is 0 Å². The van der Waals surface area contributed by atoms with Crippen molar-refractivity contribution in [1.29, 1.82) is 0 Å². The zero-order valence-electron chi connectivity index (χ0n) is 20.4. The highest BCUT2D eigenvalue weighted by atomic mass is 32.1. The molecule has 0 amide bonds. The van der Waals surface area contributed by atoms with Crippen molar-refractivity contribution in [3.05, 3.63) is 89.3 Å². The third kappa shape index (κ3) is 4.76. The second-order valence-electron chi connectivity index (χ2n) is 9.40. The highest BCUT2D eigenvalue weighted by Gasteiger charge is 2.22. The summed E-state index contributed by atoms with van der Waals surface area (Å²) in [5.41, 5.74) is 6.52. The van der Waals surface area contributed by atoms with E-state index >= 15 is 0 Å². The summed E-state index contributed by atoms with van der Waals surface area (Å²) in [5, 5.41) is 5.56. The number of rotatable bonds is 7. The molecule has 0 saturated carbocycles. The quantitative estimate of drug-likeness (QED) is 0.261. The number of thiazole rings is 1. The molecule has 6 nitrogen and oxygen atoms in total. The molecule has 4 aromatic heterocycles. The van der Waals surface area contributed by atoms with Gasteiger partial charge in [0.1, 0.15) is 5.82 Å². The lowest BCUT2D eigenvalue weighted by atomic mass is 9.88. The number of piperidine rings is 1. The standard InChI is InChI=1S/C29H30N6S/c1-2-24-25-17-22(6-7-26(25)33-28(24)21-8-13-30-14-9-21)20-10-15-35(16-11-20)19-23-18-32-29(36-23)34-27-5-3-4-12-31-27/h3-9,12-14,17-18,20,33H,2,10-11,15-16,19H2,1H3,(H,31,32,34). The van der Waals surface area contributed by atoms with Gasteiger partial charge in [-0.05, 0) is 85.8 Å². The van der Waals surface area contributed by atoms with Crippen LogP contribution in [0.5, 0.6) is 0 Å². The Balaban J connectivity index is 1.11. The zero-order valence-corrected chi connectivity index (χ0v) is 21.3. The van der Waals surface area contributed by atoms with Crippen LogP contribution in [-0.4, -0.2) is 37.9 Å². The minimum Gasteiger partial charge on any atom is -0.354 e. The number of H-pyrrole nitrogens is 1. The first-order chi connectivity index (χ1) is 17.8. The summed E-state index contributed by atoms with van der Waals surface area (Å²) < 4.78 is 0. The number of nitrogens with one attached hydrogen (secondary N) is 2. The van der Waals surface area contributed by atoms with Gasteiger partial charge in [0.05, 0.1) is 0 Å². The summed E-state index contributed by atoms with van der Waals surface area (Å²) in [6, 6.07) is 17.1. The lowest BCUT2D eigenvalue weighted by Gasteiger charge is -2.31. The van der Waals surface area contributed by atoms with Gasteiger partial charge in [0, 0.05) is 58.4 Å². The predicted molar refractivity (Wildman–Crippen MR) is 148 cm³/mol. The van der Waals surface area contributed by atoms with Crippen molar-refractivity contribution in [2.75, 3.05) is 18.4 Å². The fourth-order valence-corrected chi connectivity index (χ4v) is 6.14. The monoisotopic (exact) mass is 494 g/mol. The van der Waals surface area contributed by atoms with E-state index in [4.69, 9.17) is 0 Å². The number of anilines is 2. The molecule has 0 atom stereocenters. The Kier molecular flexibility index (Phi) is 6.49. The molecule has 0 unspecified atom stereocenters. The number of fused-ring (bicyclic) bond motifs is 1. The minimum atomic E-state index is 0.609. The number of aromatic amines is 1. The number of hydrogen-bond acceptors (Lipinski definition) is 6. The van der Waals surface area contributed by atoms with Crippen molar-refractivity contribution < 1.29 is 0 Å². The normalized spacial score (nSPS) is 14.9. The summed E-state index contributed by atoms with van der Waals surface area (Å²) >= 11 is 1.71. The van der Waals surface area contributed by atoms with E-state index in [0.29, 0.717) is 5.92 Å². The smallest absolute Gasteiger partial charge is 0.188 e. The Hall–Kier alpha value is -3.55. The number of benzene rings is 1. The second-order valence-corrected chi connectivity index (χ2v) is 10.5. The fourth-order valence-electron chi connectivity index (χ4n) is 5.28. The van der Waals surface area contributed by atoms with Crippen molar-refractivity contribution in [3.8, 4) is 11.3 Å². The van der Waals surface area contributed by atoms with Crippen LogP contribution < -0.4 is 5.32 Å². The molecule has 2 N–H and O–H groups in total. The number of nitrogens with zero attached hydrogens (tertiary/aromatic N) is 4. The van der Waals surface area contributed by atoms with Crippen molar-refractivity contribution in [2.45, 2.75) is 38.6 Å². The van der Waals surface area contributed by atoms with Crippen LogP contribution in [0.3, 0.4) is 0 Å². The van der Waals surface area contributed by atoms with Gasteiger partial charge in [-0.15, -0.1) is 11.3 Å². The number of likely N-dealkylation sites (tertiary alicyclic amines) is 1. The SMILES string of the molecule is CCc1c(-c2ccncc2)[nH]c2ccc(C3CCN(Cc4cnc(Nc5ccccn5)s4)CC3)cc12. The van der Waals surface area contributed by atoms with Gasteiger partial charge in [-0.3, -0.25) is 9.88 Å².